The topological polar surface area (TPSA) is 97.5 Å². The number of carbonyl (C=O) groups excluding carboxylic acids is 3. The van der Waals surface area contributed by atoms with Crippen LogP contribution in [0.3, 0.4) is 0 Å². The molecular weight excluding hydrogens is 374 g/mol. The van der Waals surface area contributed by atoms with Crippen molar-refractivity contribution in [2.45, 2.75) is 40.4 Å². The van der Waals surface area contributed by atoms with Crippen LogP contribution in [0.4, 0.5) is 14.5 Å². The van der Waals surface area contributed by atoms with Crippen LogP contribution in [0.1, 0.15) is 46.0 Å². The number of halogens is 2. The van der Waals surface area contributed by atoms with Gasteiger partial charge in [-0.2, -0.15) is 8.78 Å². The first-order chi connectivity index (χ1) is 13.1. The molecule has 150 valence electrons. The van der Waals surface area contributed by atoms with Crippen molar-refractivity contribution in [3.63, 3.8) is 0 Å². The van der Waals surface area contributed by atoms with Crippen LogP contribution < -0.4 is 10.1 Å². The van der Waals surface area contributed by atoms with Gasteiger partial charge in [-0.25, -0.2) is 4.79 Å². The van der Waals surface area contributed by atoms with Crippen molar-refractivity contribution in [1.29, 1.82) is 0 Å². The Morgan fingerprint density at radius 2 is 1.79 bits per heavy atom. The lowest BCUT2D eigenvalue weighted by atomic mass is 10.1. The Bertz CT molecular complexity index is 908. The first kappa shape index (κ1) is 21.1. The Hall–Kier alpha value is -3.23. The van der Waals surface area contributed by atoms with Gasteiger partial charge in [0.25, 0.3) is 5.91 Å². The molecule has 1 atom stereocenters. The number of benzene rings is 1. The molecule has 9 heteroatoms. The highest BCUT2D eigenvalue weighted by Crippen LogP contribution is 2.26. The molecule has 1 unspecified atom stereocenters. The molecule has 0 saturated heterocycles. The van der Waals surface area contributed by atoms with Gasteiger partial charge >= 0.3 is 12.6 Å². The van der Waals surface area contributed by atoms with Crippen molar-refractivity contribution >= 4 is 23.3 Å². The molecule has 2 aromatic rings. The number of para-hydroxylation sites is 2. The summed E-state index contributed by atoms with van der Waals surface area (Å²) in [5.41, 5.74) is 1.43. The summed E-state index contributed by atoms with van der Waals surface area (Å²) >= 11 is 0. The lowest BCUT2D eigenvalue weighted by Crippen LogP contribution is -2.30. The number of hydrogen-bond acceptors (Lipinski definition) is 5. The summed E-state index contributed by atoms with van der Waals surface area (Å²) in [7, 11) is 0. The maximum Gasteiger partial charge on any atom is 0.387 e. The van der Waals surface area contributed by atoms with E-state index in [4.69, 9.17) is 4.74 Å². The fourth-order valence-corrected chi connectivity index (χ4v) is 2.76. The molecule has 0 saturated carbocycles. The molecule has 2 N–H and O–H groups in total. The molecule has 0 aliphatic rings. The molecule has 0 bridgehead atoms. The number of rotatable bonds is 7. The molecule has 1 amide bonds. The first-order valence-electron chi connectivity index (χ1n) is 8.37. The van der Waals surface area contributed by atoms with Crippen LogP contribution in [0.15, 0.2) is 24.3 Å². The molecule has 28 heavy (non-hydrogen) atoms. The number of H-pyrrole nitrogens is 1. The molecule has 0 radical (unpaired) electrons. The predicted molar refractivity (Wildman–Crippen MR) is 96.9 cm³/mol. The van der Waals surface area contributed by atoms with Crippen molar-refractivity contribution < 1.29 is 32.6 Å². The quantitative estimate of drug-likeness (QED) is 0.552. The van der Waals surface area contributed by atoms with Crippen molar-refractivity contribution in [1.82, 2.24) is 4.98 Å². The minimum Gasteiger partial charge on any atom is -0.448 e. The number of ether oxygens (including phenoxy) is 2. The van der Waals surface area contributed by atoms with Gasteiger partial charge in [-0.15, -0.1) is 0 Å². The smallest absolute Gasteiger partial charge is 0.387 e. The van der Waals surface area contributed by atoms with E-state index in [-0.39, 0.29) is 22.9 Å². The van der Waals surface area contributed by atoms with E-state index in [0.29, 0.717) is 16.8 Å². The zero-order chi connectivity index (χ0) is 21.0. The summed E-state index contributed by atoms with van der Waals surface area (Å²) in [6, 6.07) is 5.65. The monoisotopic (exact) mass is 394 g/mol. The second kappa shape index (κ2) is 8.64. The van der Waals surface area contributed by atoms with Crippen LogP contribution in [0.5, 0.6) is 5.75 Å². The number of esters is 1. The van der Waals surface area contributed by atoms with Crippen LogP contribution in [-0.4, -0.2) is 35.4 Å². The average molecular weight is 394 g/mol. The number of hydrogen-bond donors (Lipinski definition) is 2. The van der Waals surface area contributed by atoms with E-state index in [1.807, 2.05) is 0 Å². The fourth-order valence-electron chi connectivity index (χ4n) is 2.76. The number of aryl methyl sites for hydroxylation is 1. The molecular formula is C19H20F2N2O5. The van der Waals surface area contributed by atoms with Crippen molar-refractivity contribution in [2.24, 2.45) is 0 Å². The van der Waals surface area contributed by atoms with E-state index in [1.165, 1.54) is 38.1 Å². The predicted octanol–water partition coefficient (Wildman–Crippen LogP) is 3.62. The van der Waals surface area contributed by atoms with E-state index >= 15 is 0 Å². The maximum absolute atomic E-state index is 12.5. The minimum absolute atomic E-state index is 0.0152. The van der Waals surface area contributed by atoms with E-state index in [9.17, 15) is 23.2 Å². The first-order valence-corrected chi connectivity index (χ1v) is 8.37. The number of amides is 1. The number of Topliss-reactive ketones (excluding diaryl/α,β-unsaturated/α-hetero) is 1. The summed E-state index contributed by atoms with van der Waals surface area (Å²) in [6.45, 7) is 2.91. The maximum atomic E-state index is 12.5. The molecule has 1 heterocycles. The third kappa shape index (κ3) is 4.73. The molecule has 0 aliphatic heterocycles. The van der Waals surface area contributed by atoms with Gasteiger partial charge in [0.15, 0.2) is 11.9 Å². The Morgan fingerprint density at radius 3 is 2.36 bits per heavy atom. The van der Waals surface area contributed by atoms with E-state index in [0.717, 1.165) is 0 Å². The van der Waals surface area contributed by atoms with Crippen molar-refractivity contribution in [3.8, 4) is 5.75 Å². The van der Waals surface area contributed by atoms with Gasteiger partial charge in [0.05, 0.1) is 5.69 Å². The second-order valence-electron chi connectivity index (χ2n) is 6.09. The molecule has 7 nitrogen and oxygen atoms in total. The number of alkyl halides is 2. The van der Waals surface area contributed by atoms with Gasteiger partial charge in [0.2, 0.25) is 0 Å². The van der Waals surface area contributed by atoms with Crippen LogP contribution in [0, 0.1) is 13.8 Å². The summed E-state index contributed by atoms with van der Waals surface area (Å²) < 4.78 is 34.4. The SMILES string of the molecule is CC(=O)c1c(C)[nH]c(C(=O)OC(C)C(=O)Nc2ccccc2OC(F)F)c1C. The number of aromatic amines is 1. The number of carbonyl (C=O) groups is 3. The van der Waals surface area contributed by atoms with Gasteiger partial charge < -0.3 is 19.8 Å². The largest absolute Gasteiger partial charge is 0.448 e. The summed E-state index contributed by atoms with van der Waals surface area (Å²) in [5.74, 6) is -1.96. The Balaban J connectivity index is 2.10. The zero-order valence-electron chi connectivity index (χ0n) is 15.8. The molecule has 2 rings (SSSR count). The second-order valence-corrected chi connectivity index (χ2v) is 6.09. The summed E-state index contributed by atoms with van der Waals surface area (Å²) in [5, 5.41) is 2.38. The van der Waals surface area contributed by atoms with Gasteiger partial charge in [-0.1, -0.05) is 12.1 Å². The third-order valence-electron chi connectivity index (χ3n) is 4.01. The molecule has 0 fully saturated rings. The van der Waals surface area contributed by atoms with Gasteiger partial charge in [-0.3, -0.25) is 9.59 Å². The Labute approximate surface area is 160 Å². The summed E-state index contributed by atoms with van der Waals surface area (Å²) in [4.78, 5) is 39.1. The number of anilines is 1. The highest BCUT2D eigenvalue weighted by Gasteiger charge is 2.25. The minimum atomic E-state index is -3.05. The highest BCUT2D eigenvalue weighted by molar-refractivity contribution is 6.02. The van der Waals surface area contributed by atoms with Crippen molar-refractivity contribution in [3.05, 3.63) is 46.8 Å². The lowest BCUT2D eigenvalue weighted by Gasteiger charge is -2.15. The zero-order valence-corrected chi connectivity index (χ0v) is 15.8. The van der Waals surface area contributed by atoms with Gasteiger partial charge in [-0.05, 0) is 45.4 Å². The van der Waals surface area contributed by atoms with Gasteiger partial charge in [0, 0.05) is 11.3 Å². The fraction of sp³-hybridized carbons (Fsp3) is 0.316. The standard InChI is InChI=1S/C19H20F2N2O5/c1-9-15(11(3)24)10(2)22-16(9)18(26)27-12(4)17(25)23-13-7-5-6-8-14(13)28-19(20)21/h5-8,12,19,22H,1-4H3,(H,23,25). The normalized spacial score (nSPS) is 11.8. The lowest BCUT2D eigenvalue weighted by molar-refractivity contribution is -0.123. The van der Waals surface area contributed by atoms with E-state index in [2.05, 4.69) is 15.0 Å². The van der Waals surface area contributed by atoms with Crippen LogP contribution in [0.25, 0.3) is 0 Å². The van der Waals surface area contributed by atoms with Crippen LogP contribution in [0.2, 0.25) is 0 Å². The molecule has 1 aromatic heterocycles. The third-order valence-corrected chi connectivity index (χ3v) is 4.01. The van der Waals surface area contributed by atoms with Gasteiger partial charge in [0.1, 0.15) is 11.4 Å². The van der Waals surface area contributed by atoms with E-state index < -0.39 is 24.6 Å². The Morgan fingerprint density at radius 1 is 1.14 bits per heavy atom. The van der Waals surface area contributed by atoms with Crippen LogP contribution >= 0.6 is 0 Å². The number of aromatic nitrogens is 1. The molecule has 0 spiro atoms. The Kier molecular flexibility index (Phi) is 6.50. The number of nitrogens with one attached hydrogen (secondary N) is 2. The number of ketones is 1. The highest BCUT2D eigenvalue weighted by atomic mass is 19.3. The van der Waals surface area contributed by atoms with Crippen molar-refractivity contribution in [2.75, 3.05) is 5.32 Å². The van der Waals surface area contributed by atoms with Crippen LogP contribution in [-0.2, 0) is 9.53 Å². The average Bonchev–Trinajstić information content (AvgIpc) is 2.90. The van der Waals surface area contributed by atoms with E-state index in [1.54, 1.807) is 13.8 Å². The molecule has 0 aliphatic carbocycles. The molecule has 1 aromatic carbocycles. The summed E-state index contributed by atoms with van der Waals surface area (Å²) in [6.07, 6.45) is -1.23.